The maximum absolute atomic E-state index is 12.2. The zero-order chi connectivity index (χ0) is 18.7. The fourth-order valence-electron chi connectivity index (χ4n) is 2.80. The number of hydrogen-bond donors (Lipinski definition) is 2. The first-order valence-corrected chi connectivity index (χ1v) is 9.28. The van der Waals surface area contributed by atoms with Crippen molar-refractivity contribution in [1.29, 1.82) is 0 Å². The lowest BCUT2D eigenvalue weighted by atomic mass is 10.1. The van der Waals surface area contributed by atoms with E-state index >= 15 is 0 Å². The summed E-state index contributed by atoms with van der Waals surface area (Å²) in [6.45, 7) is 6.51. The summed E-state index contributed by atoms with van der Waals surface area (Å²) in [4.78, 5) is 22.5. The van der Waals surface area contributed by atoms with Crippen molar-refractivity contribution in [2.45, 2.75) is 27.2 Å². The van der Waals surface area contributed by atoms with Crippen LogP contribution in [-0.4, -0.2) is 34.2 Å². The van der Waals surface area contributed by atoms with E-state index < -0.39 is 0 Å². The van der Waals surface area contributed by atoms with Crippen LogP contribution in [0.3, 0.4) is 0 Å². The first-order valence-electron chi connectivity index (χ1n) is 8.46. The van der Waals surface area contributed by atoms with Crippen molar-refractivity contribution in [3.05, 3.63) is 46.1 Å². The smallest absolute Gasteiger partial charge is 0.348 e. The lowest BCUT2D eigenvalue weighted by Gasteiger charge is -2.09. The summed E-state index contributed by atoms with van der Waals surface area (Å²) >= 11 is 1.33. The number of nitrogens with zero attached hydrogens (tertiary/aromatic N) is 2. The Morgan fingerprint density at radius 1 is 1.31 bits per heavy atom. The lowest BCUT2D eigenvalue weighted by molar-refractivity contribution is 0.0531. The number of carbonyl (C=O) groups is 1. The molecular formula is C19H21N3O3S. The van der Waals surface area contributed by atoms with E-state index in [1.165, 1.54) is 11.3 Å². The minimum Gasteiger partial charge on any atom is -0.508 e. The SMILES string of the molecule is CCOC(=O)c1sc2nc(C)nc(NCCc3cccc(O)c3)c2c1C. The van der Waals surface area contributed by atoms with Gasteiger partial charge in [0.1, 0.15) is 27.1 Å². The molecule has 0 amide bonds. The normalized spacial score (nSPS) is 10.9. The minimum absolute atomic E-state index is 0.260. The van der Waals surface area contributed by atoms with Gasteiger partial charge in [0.05, 0.1) is 12.0 Å². The number of rotatable bonds is 6. The second-order valence-electron chi connectivity index (χ2n) is 5.92. The molecular weight excluding hydrogens is 350 g/mol. The molecule has 6 nitrogen and oxygen atoms in total. The molecule has 136 valence electrons. The molecule has 0 aliphatic carbocycles. The molecule has 7 heteroatoms. The van der Waals surface area contributed by atoms with E-state index in [1.807, 2.05) is 26.0 Å². The van der Waals surface area contributed by atoms with Gasteiger partial charge in [-0.05, 0) is 50.5 Å². The molecule has 0 fully saturated rings. The van der Waals surface area contributed by atoms with Gasteiger partial charge in [-0.2, -0.15) is 0 Å². The summed E-state index contributed by atoms with van der Waals surface area (Å²) in [6.07, 6.45) is 0.743. The van der Waals surface area contributed by atoms with Gasteiger partial charge in [0.25, 0.3) is 0 Å². The van der Waals surface area contributed by atoms with Crippen molar-refractivity contribution < 1.29 is 14.6 Å². The van der Waals surface area contributed by atoms with E-state index in [9.17, 15) is 9.90 Å². The van der Waals surface area contributed by atoms with Crippen LogP contribution in [0.15, 0.2) is 24.3 Å². The molecule has 0 unspecified atom stereocenters. The number of fused-ring (bicyclic) bond motifs is 1. The van der Waals surface area contributed by atoms with Gasteiger partial charge in [0.15, 0.2) is 0 Å². The fourth-order valence-corrected chi connectivity index (χ4v) is 3.92. The molecule has 0 spiro atoms. The predicted molar refractivity (Wildman–Crippen MR) is 103 cm³/mol. The molecule has 26 heavy (non-hydrogen) atoms. The maximum atomic E-state index is 12.2. The summed E-state index contributed by atoms with van der Waals surface area (Å²) in [6, 6.07) is 7.19. The first kappa shape index (κ1) is 18.1. The van der Waals surface area contributed by atoms with Crippen molar-refractivity contribution >= 4 is 33.3 Å². The highest BCUT2D eigenvalue weighted by Crippen LogP contribution is 2.34. The molecule has 1 aromatic carbocycles. The molecule has 2 aromatic heterocycles. The van der Waals surface area contributed by atoms with Crippen LogP contribution in [0.1, 0.15) is 33.5 Å². The summed E-state index contributed by atoms with van der Waals surface area (Å²) in [5.41, 5.74) is 1.87. The van der Waals surface area contributed by atoms with E-state index in [0.29, 0.717) is 23.9 Å². The van der Waals surface area contributed by atoms with Gasteiger partial charge in [-0.3, -0.25) is 0 Å². The number of nitrogens with one attached hydrogen (secondary N) is 1. The summed E-state index contributed by atoms with van der Waals surface area (Å²) in [7, 11) is 0. The average molecular weight is 371 g/mol. The molecule has 0 aliphatic rings. The van der Waals surface area contributed by atoms with E-state index in [0.717, 1.165) is 33.6 Å². The number of benzene rings is 1. The van der Waals surface area contributed by atoms with Crippen molar-refractivity contribution in [2.24, 2.45) is 0 Å². The number of thiophene rings is 1. The zero-order valence-electron chi connectivity index (χ0n) is 15.0. The number of anilines is 1. The first-order chi connectivity index (χ1) is 12.5. The largest absolute Gasteiger partial charge is 0.508 e. The second-order valence-corrected chi connectivity index (χ2v) is 6.92. The average Bonchev–Trinajstić information content (AvgIpc) is 2.92. The molecule has 2 heterocycles. The molecule has 3 rings (SSSR count). The molecule has 2 N–H and O–H groups in total. The third-order valence-electron chi connectivity index (χ3n) is 3.98. The Bertz CT molecular complexity index is 953. The summed E-state index contributed by atoms with van der Waals surface area (Å²) in [5, 5.41) is 13.8. The number of phenols is 1. The highest BCUT2D eigenvalue weighted by Gasteiger charge is 2.20. The third kappa shape index (κ3) is 3.77. The molecule has 0 atom stereocenters. The van der Waals surface area contributed by atoms with Crippen LogP contribution >= 0.6 is 11.3 Å². The molecule has 3 aromatic rings. The lowest BCUT2D eigenvalue weighted by Crippen LogP contribution is -2.08. The van der Waals surface area contributed by atoms with Crippen LogP contribution in [-0.2, 0) is 11.2 Å². The van der Waals surface area contributed by atoms with Gasteiger partial charge < -0.3 is 15.2 Å². The quantitative estimate of drug-likeness (QED) is 0.641. The topological polar surface area (TPSA) is 84.3 Å². The van der Waals surface area contributed by atoms with Crippen LogP contribution in [0.4, 0.5) is 5.82 Å². The van der Waals surface area contributed by atoms with Crippen LogP contribution in [0.5, 0.6) is 5.75 Å². The summed E-state index contributed by atoms with van der Waals surface area (Å²) < 4.78 is 5.14. The van der Waals surface area contributed by atoms with Gasteiger partial charge in [0, 0.05) is 6.54 Å². The number of hydrogen-bond acceptors (Lipinski definition) is 7. The number of carbonyl (C=O) groups excluding carboxylic acids is 1. The standard InChI is InChI=1S/C19H21N3O3S/c1-4-25-19(24)16-11(2)15-17(21-12(3)22-18(15)26-16)20-9-8-13-6-5-7-14(23)10-13/h5-7,10,23H,4,8-9H2,1-3H3,(H,20,21,22). The van der Waals surface area contributed by atoms with Crippen LogP contribution < -0.4 is 5.32 Å². The Labute approximate surface area is 155 Å². The molecule has 0 aliphatic heterocycles. The van der Waals surface area contributed by atoms with Gasteiger partial charge in [-0.1, -0.05) is 12.1 Å². The number of ether oxygens (including phenoxy) is 1. The van der Waals surface area contributed by atoms with Crippen LogP contribution in [0.25, 0.3) is 10.2 Å². The van der Waals surface area contributed by atoms with Gasteiger partial charge in [-0.15, -0.1) is 11.3 Å². The number of aromatic hydroxyl groups is 1. The van der Waals surface area contributed by atoms with E-state index in [-0.39, 0.29) is 11.7 Å². The van der Waals surface area contributed by atoms with Gasteiger partial charge in [0.2, 0.25) is 0 Å². The molecule has 0 saturated heterocycles. The van der Waals surface area contributed by atoms with Crippen LogP contribution in [0, 0.1) is 13.8 Å². The predicted octanol–water partition coefficient (Wildman–Crippen LogP) is 3.85. The Kier molecular flexibility index (Phi) is 5.37. The zero-order valence-corrected chi connectivity index (χ0v) is 15.8. The highest BCUT2D eigenvalue weighted by molar-refractivity contribution is 7.20. The van der Waals surface area contributed by atoms with E-state index in [2.05, 4.69) is 15.3 Å². The van der Waals surface area contributed by atoms with Crippen molar-refractivity contribution in [1.82, 2.24) is 9.97 Å². The molecule has 0 bridgehead atoms. The van der Waals surface area contributed by atoms with E-state index in [4.69, 9.17) is 4.74 Å². The number of aryl methyl sites for hydroxylation is 2. The van der Waals surface area contributed by atoms with E-state index in [1.54, 1.807) is 19.1 Å². The highest BCUT2D eigenvalue weighted by atomic mass is 32.1. The Morgan fingerprint density at radius 2 is 2.12 bits per heavy atom. The Balaban J connectivity index is 1.86. The van der Waals surface area contributed by atoms with Crippen molar-refractivity contribution in [3.8, 4) is 5.75 Å². The van der Waals surface area contributed by atoms with Crippen molar-refractivity contribution in [2.75, 3.05) is 18.5 Å². The fraction of sp³-hybridized carbons (Fsp3) is 0.316. The molecule has 0 radical (unpaired) electrons. The number of phenolic OH excluding ortho intramolecular Hbond substituents is 1. The third-order valence-corrected chi connectivity index (χ3v) is 5.15. The number of aromatic nitrogens is 2. The second kappa shape index (κ2) is 7.70. The molecule has 0 saturated carbocycles. The Hall–Kier alpha value is -2.67. The monoisotopic (exact) mass is 371 g/mol. The maximum Gasteiger partial charge on any atom is 0.348 e. The van der Waals surface area contributed by atoms with Crippen molar-refractivity contribution in [3.63, 3.8) is 0 Å². The van der Waals surface area contributed by atoms with Gasteiger partial charge >= 0.3 is 5.97 Å². The minimum atomic E-state index is -0.323. The summed E-state index contributed by atoms with van der Waals surface area (Å²) in [5.74, 6) is 1.30. The van der Waals surface area contributed by atoms with Crippen LogP contribution in [0.2, 0.25) is 0 Å². The number of esters is 1. The van der Waals surface area contributed by atoms with Gasteiger partial charge in [-0.25, -0.2) is 14.8 Å². The Morgan fingerprint density at radius 3 is 2.85 bits per heavy atom.